The highest BCUT2D eigenvalue weighted by molar-refractivity contribution is 5.30. The third-order valence-electron chi connectivity index (χ3n) is 3.08. The average Bonchev–Trinajstić information content (AvgIpc) is 2.19. The third kappa shape index (κ3) is 2.37. The van der Waals surface area contributed by atoms with Crippen LogP contribution < -0.4 is 0 Å². The van der Waals surface area contributed by atoms with Gasteiger partial charge < -0.3 is 0 Å². The second kappa shape index (κ2) is 5.19. The zero-order chi connectivity index (χ0) is 10.6. The molecule has 0 amide bonds. The van der Waals surface area contributed by atoms with Crippen molar-refractivity contribution in [3.63, 3.8) is 0 Å². The Morgan fingerprint density at radius 2 is 1.71 bits per heavy atom. The van der Waals surface area contributed by atoms with Gasteiger partial charge in [0.25, 0.3) is 0 Å². The van der Waals surface area contributed by atoms with Crippen molar-refractivity contribution < 1.29 is 0 Å². The van der Waals surface area contributed by atoms with E-state index in [0.717, 1.165) is 18.3 Å². The Morgan fingerprint density at radius 3 is 2.21 bits per heavy atom. The molecule has 0 heteroatoms. The molecule has 14 heavy (non-hydrogen) atoms. The number of hydrogen-bond donors (Lipinski definition) is 0. The molecule has 0 aromatic heterocycles. The molecule has 1 aromatic rings. The largest absolute Gasteiger partial charge is 0.0648 e. The van der Waals surface area contributed by atoms with Crippen LogP contribution in [0, 0.1) is 5.92 Å². The summed E-state index contributed by atoms with van der Waals surface area (Å²) in [5, 5.41) is 0. The highest BCUT2D eigenvalue weighted by Gasteiger charge is 2.15. The quantitative estimate of drug-likeness (QED) is 0.660. The van der Waals surface area contributed by atoms with E-state index in [2.05, 4.69) is 52.0 Å². The van der Waals surface area contributed by atoms with E-state index < -0.39 is 0 Å². The molecule has 0 saturated carbocycles. The summed E-state index contributed by atoms with van der Waals surface area (Å²) in [5.74, 6) is 1.47. The lowest BCUT2D eigenvalue weighted by atomic mass is 9.83. The predicted octanol–water partition coefficient (Wildman–Crippen LogP) is 4.40. The molecule has 0 aliphatic heterocycles. The molecule has 0 fully saturated rings. The van der Waals surface area contributed by atoms with Gasteiger partial charge in [-0.2, -0.15) is 0 Å². The Kier molecular flexibility index (Phi) is 4.19. The zero-order valence-electron chi connectivity index (χ0n) is 9.88. The Hall–Kier alpha value is -0.780. The van der Waals surface area contributed by atoms with Crippen molar-refractivity contribution in [3.05, 3.63) is 35.4 Å². The maximum absolute atomic E-state index is 2.32. The highest BCUT2D eigenvalue weighted by atomic mass is 14.2. The van der Waals surface area contributed by atoms with Gasteiger partial charge in [-0.1, -0.05) is 52.0 Å². The fourth-order valence-electron chi connectivity index (χ4n) is 2.27. The lowest BCUT2D eigenvalue weighted by Crippen LogP contribution is -2.08. The van der Waals surface area contributed by atoms with E-state index >= 15 is 0 Å². The molecule has 1 rings (SSSR count). The SMILES string of the molecule is CCc1ccccc1C(CC)C(C)C. The van der Waals surface area contributed by atoms with Crippen molar-refractivity contribution in [1.29, 1.82) is 0 Å². The number of rotatable bonds is 4. The molecule has 0 heterocycles. The maximum Gasteiger partial charge on any atom is -0.0139 e. The minimum Gasteiger partial charge on any atom is -0.0648 e. The van der Waals surface area contributed by atoms with Crippen LogP contribution in [0.2, 0.25) is 0 Å². The Bertz CT molecular complexity index is 273. The first kappa shape index (κ1) is 11.3. The van der Waals surface area contributed by atoms with Crippen LogP contribution in [-0.2, 0) is 6.42 Å². The minimum atomic E-state index is 0.728. The van der Waals surface area contributed by atoms with Crippen LogP contribution in [0.5, 0.6) is 0 Å². The molecule has 1 aromatic carbocycles. The number of hydrogen-bond acceptors (Lipinski definition) is 0. The lowest BCUT2D eigenvalue weighted by molar-refractivity contribution is 0.482. The van der Waals surface area contributed by atoms with Gasteiger partial charge >= 0.3 is 0 Å². The van der Waals surface area contributed by atoms with Gasteiger partial charge in [-0.3, -0.25) is 0 Å². The summed E-state index contributed by atoms with van der Waals surface area (Å²) in [6.07, 6.45) is 2.40. The van der Waals surface area contributed by atoms with Crippen LogP contribution in [0.3, 0.4) is 0 Å². The summed E-state index contributed by atoms with van der Waals surface area (Å²) in [5.41, 5.74) is 3.08. The fraction of sp³-hybridized carbons (Fsp3) is 0.571. The first-order valence-electron chi connectivity index (χ1n) is 5.78. The molecular weight excluding hydrogens is 168 g/mol. The van der Waals surface area contributed by atoms with Gasteiger partial charge in [0.1, 0.15) is 0 Å². The van der Waals surface area contributed by atoms with Gasteiger partial charge in [-0.25, -0.2) is 0 Å². The molecular formula is C14H22. The summed E-state index contributed by atoms with van der Waals surface area (Å²) in [4.78, 5) is 0. The van der Waals surface area contributed by atoms with Gasteiger partial charge in [0, 0.05) is 0 Å². The smallest absolute Gasteiger partial charge is 0.0139 e. The summed E-state index contributed by atoms with van der Waals surface area (Å²) < 4.78 is 0. The summed E-state index contributed by atoms with van der Waals surface area (Å²) >= 11 is 0. The molecule has 0 aliphatic carbocycles. The van der Waals surface area contributed by atoms with Crippen LogP contribution >= 0.6 is 0 Å². The van der Waals surface area contributed by atoms with Crippen molar-refractivity contribution >= 4 is 0 Å². The summed E-state index contributed by atoms with van der Waals surface area (Å²) in [6, 6.07) is 8.88. The third-order valence-corrected chi connectivity index (χ3v) is 3.08. The lowest BCUT2D eigenvalue weighted by Gasteiger charge is -2.22. The van der Waals surface area contributed by atoms with Crippen LogP contribution in [-0.4, -0.2) is 0 Å². The van der Waals surface area contributed by atoms with Crippen LogP contribution in [0.15, 0.2) is 24.3 Å². The second-order valence-electron chi connectivity index (χ2n) is 4.31. The Labute approximate surface area is 88.4 Å². The van der Waals surface area contributed by atoms with Crippen LogP contribution in [0.1, 0.15) is 51.2 Å². The molecule has 0 radical (unpaired) electrons. The van der Waals surface area contributed by atoms with E-state index in [1.807, 2.05) is 0 Å². The van der Waals surface area contributed by atoms with Crippen molar-refractivity contribution in [2.24, 2.45) is 5.92 Å². The van der Waals surface area contributed by atoms with Gasteiger partial charge in [-0.05, 0) is 35.8 Å². The predicted molar refractivity (Wildman–Crippen MR) is 63.7 cm³/mol. The Balaban J connectivity index is 3.02. The summed E-state index contributed by atoms with van der Waals surface area (Å²) in [7, 11) is 0. The van der Waals surface area contributed by atoms with Crippen LogP contribution in [0.4, 0.5) is 0 Å². The first-order valence-corrected chi connectivity index (χ1v) is 5.78. The van der Waals surface area contributed by atoms with E-state index in [0.29, 0.717) is 0 Å². The van der Waals surface area contributed by atoms with E-state index in [1.54, 1.807) is 5.56 Å². The molecule has 78 valence electrons. The molecule has 0 saturated heterocycles. The molecule has 0 bridgehead atoms. The van der Waals surface area contributed by atoms with Gasteiger partial charge in [0.15, 0.2) is 0 Å². The van der Waals surface area contributed by atoms with Crippen molar-refractivity contribution in [2.75, 3.05) is 0 Å². The van der Waals surface area contributed by atoms with Crippen LogP contribution in [0.25, 0.3) is 0 Å². The second-order valence-corrected chi connectivity index (χ2v) is 4.31. The topological polar surface area (TPSA) is 0 Å². The van der Waals surface area contributed by atoms with E-state index in [4.69, 9.17) is 0 Å². The first-order chi connectivity index (χ1) is 6.70. The number of aryl methyl sites for hydroxylation is 1. The molecule has 0 N–H and O–H groups in total. The minimum absolute atomic E-state index is 0.728. The Morgan fingerprint density at radius 1 is 1.07 bits per heavy atom. The van der Waals surface area contributed by atoms with Crippen molar-refractivity contribution in [2.45, 2.75) is 46.5 Å². The van der Waals surface area contributed by atoms with Gasteiger partial charge in [0.2, 0.25) is 0 Å². The number of benzene rings is 1. The zero-order valence-corrected chi connectivity index (χ0v) is 9.88. The normalized spacial score (nSPS) is 13.2. The van der Waals surface area contributed by atoms with E-state index in [9.17, 15) is 0 Å². The standard InChI is InChI=1S/C14H22/c1-5-12-9-7-8-10-14(12)13(6-2)11(3)4/h7-11,13H,5-6H2,1-4H3. The maximum atomic E-state index is 2.32. The fourth-order valence-corrected chi connectivity index (χ4v) is 2.27. The molecule has 1 atom stereocenters. The molecule has 0 nitrogen and oxygen atoms in total. The van der Waals surface area contributed by atoms with Gasteiger partial charge in [-0.15, -0.1) is 0 Å². The highest BCUT2D eigenvalue weighted by Crippen LogP contribution is 2.30. The monoisotopic (exact) mass is 190 g/mol. The summed E-state index contributed by atoms with van der Waals surface area (Å²) in [6.45, 7) is 9.17. The van der Waals surface area contributed by atoms with Gasteiger partial charge in [0.05, 0.1) is 0 Å². The molecule has 1 unspecified atom stereocenters. The molecule has 0 spiro atoms. The van der Waals surface area contributed by atoms with E-state index in [-0.39, 0.29) is 0 Å². The van der Waals surface area contributed by atoms with Crippen molar-refractivity contribution in [1.82, 2.24) is 0 Å². The molecule has 0 aliphatic rings. The van der Waals surface area contributed by atoms with E-state index in [1.165, 1.54) is 12.0 Å². The average molecular weight is 190 g/mol. The van der Waals surface area contributed by atoms with Crippen molar-refractivity contribution in [3.8, 4) is 0 Å².